The summed E-state index contributed by atoms with van der Waals surface area (Å²) < 4.78 is 0. The van der Waals surface area contributed by atoms with Gasteiger partial charge in [0.2, 0.25) is 0 Å². The average molecular weight is 332 g/mol. The highest BCUT2D eigenvalue weighted by Gasteiger charge is 2.32. The van der Waals surface area contributed by atoms with Crippen molar-refractivity contribution in [2.24, 2.45) is 5.92 Å². The topological polar surface area (TPSA) is 76.3 Å². The zero-order chi connectivity index (χ0) is 17.8. The minimum atomic E-state index is -0.218. The molecular formula is C21H20N2O2. The normalized spacial score (nSPS) is 15.2. The molecule has 126 valence electrons. The summed E-state index contributed by atoms with van der Waals surface area (Å²) in [5, 5.41) is 31.9. The van der Waals surface area contributed by atoms with Gasteiger partial charge in [-0.15, -0.1) is 0 Å². The maximum absolute atomic E-state index is 9.60. The van der Waals surface area contributed by atoms with Crippen molar-refractivity contribution in [2.75, 3.05) is 0 Å². The summed E-state index contributed by atoms with van der Waals surface area (Å²) >= 11 is 0. The Hall–Kier alpha value is -3.19. The van der Waals surface area contributed by atoms with E-state index in [2.05, 4.69) is 30.1 Å². The van der Waals surface area contributed by atoms with Crippen LogP contribution < -0.4 is 5.32 Å². The third-order valence-electron chi connectivity index (χ3n) is 4.34. The Labute approximate surface area is 147 Å². The van der Waals surface area contributed by atoms with Gasteiger partial charge in [-0.25, -0.2) is 0 Å². The molecule has 0 heterocycles. The van der Waals surface area contributed by atoms with Crippen LogP contribution in [0.3, 0.4) is 0 Å². The van der Waals surface area contributed by atoms with Crippen molar-refractivity contribution >= 4 is 6.08 Å². The number of hydrogen-bond acceptors (Lipinski definition) is 4. The molecule has 4 heteroatoms. The highest BCUT2D eigenvalue weighted by molar-refractivity contribution is 5.65. The number of nitrogens with zero attached hydrogens (tertiary/aromatic N) is 1. The molecule has 1 aliphatic carbocycles. The Morgan fingerprint density at radius 3 is 2.48 bits per heavy atom. The molecule has 0 amide bonds. The summed E-state index contributed by atoms with van der Waals surface area (Å²) in [4.78, 5) is 0. The number of aromatic hydroxyl groups is 2. The summed E-state index contributed by atoms with van der Waals surface area (Å²) in [7, 11) is 0. The molecule has 0 aliphatic heterocycles. The van der Waals surface area contributed by atoms with Gasteiger partial charge >= 0.3 is 0 Å². The van der Waals surface area contributed by atoms with E-state index in [0.717, 1.165) is 12.8 Å². The molecule has 0 saturated heterocycles. The first-order chi connectivity index (χ1) is 12.1. The van der Waals surface area contributed by atoms with E-state index in [1.165, 1.54) is 17.7 Å². The molecule has 1 saturated carbocycles. The second kappa shape index (κ2) is 7.14. The second-order valence-electron chi connectivity index (χ2n) is 6.27. The predicted molar refractivity (Wildman–Crippen MR) is 97.5 cm³/mol. The second-order valence-corrected chi connectivity index (χ2v) is 6.27. The summed E-state index contributed by atoms with van der Waals surface area (Å²) in [5.41, 5.74) is 2.76. The largest absolute Gasteiger partial charge is 0.504 e. The van der Waals surface area contributed by atoms with Crippen molar-refractivity contribution in [3.8, 4) is 17.6 Å². The molecule has 3 N–H and O–H groups in total. The van der Waals surface area contributed by atoms with Gasteiger partial charge in [0.05, 0.1) is 11.6 Å². The highest BCUT2D eigenvalue weighted by atomic mass is 16.3. The Morgan fingerprint density at radius 2 is 1.88 bits per heavy atom. The first-order valence-electron chi connectivity index (χ1n) is 8.23. The van der Waals surface area contributed by atoms with Gasteiger partial charge < -0.3 is 15.5 Å². The molecule has 0 aromatic heterocycles. The van der Waals surface area contributed by atoms with Crippen LogP contribution in [0.2, 0.25) is 0 Å². The fraction of sp³-hybridized carbons (Fsp3) is 0.190. The van der Waals surface area contributed by atoms with E-state index in [9.17, 15) is 15.5 Å². The van der Waals surface area contributed by atoms with Crippen LogP contribution in [0, 0.1) is 17.2 Å². The Bertz CT molecular complexity index is 846. The molecule has 1 fully saturated rings. The lowest BCUT2D eigenvalue weighted by atomic mass is 10.0. The maximum atomic E-state index is 9.60. The van der Waals surface area contributed by atoms with Crippen molar-refractivity contribution in [1.82, 2.24) is 5.32 Å². The number of nitrogens with one attached hydrogen (secondary N) is 1. The number of allylic oxidation sites excluding steroid dienone is 1. The van der Waals surface area contributed by atoms with E-state index in [0.29, 0.717) is 22.8 Å². The molecule has 3 rings (SSSR count). The first-order valence-corrected chi connectivity index (χ1v) is 8.23. The van der Waals surface area contributed by atoms with Crippen LogP contribution in [-0.4, -0.2) is 10.2 Å². The number of hydrogen-bond donors (Lipinski definition) is 3. The maximum Gasteiger partial charge on any atom is 0.157 e. The molecule has 0 unspecified atom stereocenters. The summed E-state index contributed by atoms with van der Waals surface area (Å²) in [6, 6.07) is 16.9. The molecule has 0 spiro atoms. The van der Waals surface area contributed by atoms with Gasteiger partial charge in [-0.1, -0.05) is 43.0 Å². The fourth-order valence-corrected chi connectivity index (χ4v) is 2.81. The average Bonchev–Trinajstić information content (AvgIpc) is 3.46. The van der Waals surface area contributed by atoms with Gasteiger partial charge in [-0.05, 0) is 48.1 Å². The summed E-state index contributed by atoms with van der Waals surface area (Å²) in [5.74, 6) is 0.145. The van der Waals surface area contributed by atoms with E-state index in [-0.39, 0.29) is 17.5 Å². The Morgan fingerprint density at radius 1 is 1.16 bits per heavy atom. The molecule has 1 atom stereocenters. The van der Waals surface area contributed by atoms with Gasteiger partial charge in [0.15, 0.2) is 11.5 Å². The predicted octanol–water partition coefficient (Wildman–Crippen LogP) is 4.26. The van der Waals surface area contributed by atoms with Crippen LogP contribution in [0.15, 0.2) is 66.4 Å². The van der Waals surface area contributed by atoms with Crippen LogP contribution in [-0.2, 0) is 0 Å². The monoisotopic (exact) mass is 332 g/mol. The van der Waals surface area contributed by atoms with Crippen molar-refractivity contribution in [3.63, 3.8) is 0 Å². The molecule has 1 aliphatic rings. The quantitative estimate of drug-likeness (QED) is 0.420. The lowest BCUT2D eigenvalue weighted by molar-refractivity contribution is 0.403. The molecule has 0 radical (unpaired) electrons. The van der Waals surface area contributed by atoms with Gasteiger partial charge in [0.25, 0.3) is 0 Å². The third kappa shape index (κ3) is 4.02. The summed E-state index contributed by atoms with van der Waals surface area (Å²) in [6.45, 7) is 4.02. The summed E-state index contributed by atoms with van der Waals surface area (Å²) in [6.07, 6.45) is 3.97. The molecule has 2 aromatic rings. The fourth-order valence-electron chi connectivity index (χ4n) is 2.81. The van der Waals surface area contributed by atoms with Crippen LogP contribution in [0.25, 0.3) is 6.08 Å². The molecule has 2 aromatic carbocycles. The molecule has 25 heavy (non-hydrogen) atoms. The van der Waals surface area contributed by atoms with Crippen LogP contribution >= 0.6 is 0 Å². The van der Waals surface area contributed by atoms with E-state index in [1.807, 2.05) is 18.2 Å². The van der Waals surface area contributed by atoms with Gasteiger partial charge in [0.1, 0.15) is 6.07 Å². The Kier molecular flexibility index (Phi) is 4.76. The number of rotatable bonds is 6. The minimum Gasteiger partial charge on any atom is -0.504 e. The molecular weight excluding hydrogens is 312 g/mol. The van der Waals surface area contributed by atoms with Crippen molar-refractivity contribution < 1.29 is 10.2 Å². The highest BCUT2D eigenvalue weighted by Crippen LogP contribution is 2.41. The van der Waals surface area contributed by atoms with Gasteiger partial charge in [-0.3, -0.25) is 0 Å². The van der Waals surface area contributed by atoms with E-state index in [4.69, 9.17) is 0 Å². The number of benzene rings is 2. The standard InChI is InChI=1S/C21H20N2O2/c1-14(18(13-22)11-15-7-10-19(24)20(25)12-15)23-21(17-8-9-17)16-5-3-2-4-6-16/h2-7,10-12,17,21,23-25H,1,8-9H2/b18-11+/t21-/m1/s1. The third-order valence-corrected chi connectivity index (χ3v) is 4.34. The van der Waals surface area contributed by atoms with E-state index >= 15 is 0 Å². The molecule has 4 nitrogen and oxygen atoms in total. The van der Waals surface area contributed by atoms with Crippen molar-refractivity contribution in [3.05, 3.63) is 77.5 Å². The lowest BCUT2D eigenvalue weighted by Gasteiger charge is -2.21. The SMILES string of the molecule is C=C(N[C@H](c1ccccc1)C1CC1)/C(C#N)=C/c1ccc(O)c(O)c1. The Balaban J connectivity index is 1.81. The number of phenols is 2. The van der Waals surface area contributed by atoms with Crippen molar-refractivity contribution in [2.45, 2.75) is 18.9 Å². The van der Waals surface area contributed by atoms with Gasteiger partial charge in [0, 0.05) is 5.70 Å². The molecule has 0 bridgehead atoms. The van der Waals surface area contributed by atoms with E-state index in [1.54, 1.807) is 12.1 Å². The first kappa shape index (κ1) is 16.7. The zero-order valence-electron chi connectivity index (χ0n) is 13.8. The van der Waals surface area contributed by atoms with Crippen LogP contribution in [0.1, 0.15) is 30.0 Å². The smallest absolute Gasteiger partial charge is 0.157 e. The van der Waals surface area contributed by atoms with Crippen molar-refractivity contribution in [1.29, 1.82) is 5.26 Å². The lowest BCUT2D eigenvalue weighted by Crippen LogP contribution is -2.22. The minimum absolute atomic E-state index is 0.138. The van der Waals surface area contributed by atoms with E-state index < -0.39 is 0 Å². The number of phenolic OH excluding ortho intramolecular Hbond substituents is 2. The zero-order valence-corrected chi connectivity index (χ0v) is 13.8. The van der Waals surface area contributed by atoms with Crippen LogP contribution in [0.5, 0.6) is 11.5 Å². The van der Waals surface area contributed by atoms with Crippen LogP contribution in [0.4, 0.5) is 0 Å². The van der Waals surface area contributed by atoms with Gasteiger partial charge in [-0.2, -0.15) is 5.26 Å². The number of nitriles is 1.